The van der Waals surface area contributed by atoms with Gasteiger partial charge in [0, 0.05) is 18.1 Å². The summed E-state index contributed by atoms with van der Waals surface area (Å²) in [5.41, 5.74) is 0. The van der Waals surface area contributed by atoms with Crippen LogP contribution in [0.1, 0.15) is 0 Å². The van der Waals surface area contributed by atoms with Crippen LogP contribution in [0, 0.1) is 37.0 Å². The van der Waals surface area contributed by atoms with E-state index >= 15 is 0 Å². The summed E-state index contributed by atoms with van der Waals surface area (Å²) in [5, 5.41) is 1.27. The van der Waals surface area contributed by atoms with Crippen LogP contribution in [0.2, 0.25) is 18.1 Å². The molecule has 0 unspecified atom stereocenters. The van der Waals surface area contributed by atoms with Crippen LogP contribution in [0.5, 0.6) is 0 Å². The van der Waals surface area contributed by atoms with E-state index in [0.29, 0.717) is 18.1 Å². The van der Waals surface area contributed by atoms with Crippen molar-refractivity contribution in [3.05, 3.63) is 30.3 Å². The third kappa shape index (κ3) is 2.57. The van der Waals surface area contributed by atoms with E-state index in [4.69, 9.17) is 19.3 Å². The Hall–Kier alpha value is -1.88. The molecule has 78 valence electrons. The molecule has 0 amide bonds. The summed E-state index contributed by atoms with van der Waals surface area (Å²) in [6.07, 6.45) is 16.4. The molecule has 0 bridgehead atoms. The molecule has 0 N–H and O–H groups in total. The van der Waals surface area contributed by atoms with Crippen LogP contribution in [0.25, 0.3) is 0 Å². The molecule has 0 aromatic heterocycles. The van der Waals surface area contributed by atoms with E-state index in [1.165, 1.54) is 5.19 Å². The number of hydrogen-bond acceptors (Lipinski definition) is 0. The minimum Gasteiger partial charge on any atom is -0.120 e. The van der Waals surface area contributed by atoms with Crippen molar-refractivity contribution in [1.82, 2.24) is 0 Å². The second-order valence-corrected chi connectivity index (χ2v) is 7.99. The topological polar surface area (TPSA) is 0 Å². The van der Waals surface area contributed by atoms with Gasteiger partial charge in [-0.2, -0.15) is 0 Å². The molecule has 0 radical (unpaired) electrons. The smallest absolute Gasteiger partial charge is 0.120 e. The highest BCUT2D eigenvalue weighted by Crippen LogP contribution is 2.19. The Balaban J connectivity index is 3.18. The first-order chi connectivity index (χ1) is 7.79. The Morgan fingerprint density at radius 2 is 1.25 bits per heavy atom. The molecule has 0 saturated carbocycles. The quantitative estimate of drug-likeness (QED) is 0.541. The molecule has 1 heteroatoms. The Kier molecular flexibility index (Phi) is 4.47. The molecule has 0 aliphatic rings. The lowest BCUT2D eigenvalue weighted by Crippen LogP contribution is -2.46. The first kappa shape index (κ1) is 12.2. The molecule has 16 heavy (non-hydrogen) atoms. The van der Waals surface area contributed by atoms with E-state index in [2.05, 4.69) is 29.9 Å². The molecule has 0 atom stereocenters. The van der Waals surface area contributed by atoms with Crippen molar-refractivity contribution in [3.8, 4) is 37.0 Å². The Bertz CT molecular complexity index is 410. The Labute approximate surface area is 99.1 Å². The van der Waals surface area contributed by atoms with Gasteiger partial charge in [0.25, 0.3) is 0 Å². The largest absolute Gasteiger partial charge is 0.122 e. The number of benzene rings is 1. The number of hydrogen-bond donors (Lipinski definition) is 0. The monoisotopic (exact) mass is 222 g/mol. The zero-order valence-electron chi connectivity index (χ0n) is 9.24. The zero-order valence-corrected chi connectivity index (χ0v) is 10.2. The minimum atomic E-state index is -1.88. The van der Waals surface area contributed by atoms with Gasteiger partial charge in [-0.1, -0.05) is 35.5 Å². The predicted octanol–water partition coefficient (Wildman–Crippen LogP) is 2.24. The van der Waals surface area contributed by atoms with Gasteiger partial charge in [0.05, 0.1) is 0 Å². The SMILES string of the molecule is C#CC[Si](CC#C)(CC#C)c1ccccc1. The lowest BCUT2D eigenvalue weighted by molar-refractivity contribution is 1.45. The van der Waals surface area contributed by atoms with Gasteiger partial charge in [-0.25, -0.2) is 0 Å². The van der Waals surface area contributed by atoms with Gasteiger partial charge in [0.1, 0.15) is 8.07 Å². The normalized spacial score (nSPS) is 9.81. The average molecular weight is 222 g/mol. The maximum absolute atomic E-state index is 5.46. The zero-order chi connectivity index (χ0) is 11.9. The Morgan fingerprint density at radius 1 is 0.812 bits per heavy atom. The maximum atomic E-state index is 5.46. The summed E-state index contributed by atoms with van der Waals surface area (Å²) in [6.45, 7) is 0. The lowest BCUT2D eigenvalue weighted by atomic mass is 10.4. The van der Waals surface area contributed by atoms with E-state index in [-0.39, 0.29) is 0 Å². The maximum Gasteiger partial charge on any atom is 0.122 e. The van der Waals surface area contributed by atoms with Crippen molar-refractivity contribution in [3.63, 3.8) is 0 Å². The second-order valence-electron chi connectivity index (χ2n) is 3.79. The van der Waals surface area contributed by atoms with E-state index in [0.717, 1.165) is 0 Å². The summed E-state index contributed by atoms with van der Waals surface area (Å²) in [7, 11) is -1.88. The molecule has 1 rings (SSSR count). The first-order valence-electron chi connectivity index (χ1n) is 5.15. The van der Waals surface area contributed by atoms with Crippen LogP contribution in [-0.4, -0.2) is 8.07 Å². The van der Waals surface area contributed by atoms with Crippen molar-refractivity contribution in [2.75, 3.05) is 0 Å². The minimum absolute atomic E-state index is 0.714. The Morgan fingerprint density at radius 3 is 1.62 bits per heavy atom. The molecule has 0 saturated heterocycles. The molecule has 0 fully saturated rings. The standard InChI is InChI=1S/C15H14Si/c1-4-12-16(13-5-2,14-6-3)15-10-8-7-9-11-15/h1-3,7-11H,12-14H2. The first-order valence-corrected chi connectivity index (χ1v) is 7.77. The van der Waals surface area contributed by atoms with E-state index < -0.39 is 8.07 Å². The van der Waals surface area contributed by atoms with E-state index in [1.54, 1.807) is 0 Å². The molecular weight excluding hydrogens is 208 g/mol. The highest BCUT2D eigenvalue weighted by molar-refractivity contribution is 6.93. The molecule has 1 aromatic rings. The highest BCUT2D eigenvalue weighted by atomic mass is 28.3. The van der Waals surface area contributed by atoms with Crippen LogP contribution in [0.3, 0.4) is 0 Å². The van der Waals surface area contributed by atoms with Crippen LogP contribution >= 0.6 is 0 Å². The van der Waals surface area contributed by atoms with Crippen LogP contribution in [0.4, 0.5) is 0 Å². The fourth-order valence-corrected chi connectivity index (χ4v) is 4.93. The number of terminal acetylenes is 3. The average Bonchev–Trinajstić information content (AvgIpc) is 2.31. The third-order valence-electron chi connectivity index (χ3n) is 2.71. The summed E-state index contributed by atoms with van der Waals surface area (Å²) in [6, 6.07) is 12.4. The van der Waals surface area contributed by atoms with E-state index in [1.807, 2.05) is 18.2 Å². The molecule has 0 spiro atoms. The molecule has 0 heterocycles. The fourth-order valence-electron chi connectivity index (χ4n) is 1.87. The third-order valence-corrected chi connectivity index (χ3v) is 6.91. The van der Waals surface area contributed by atoms with E-state index in [9.17, 15) is 0 Å². The van der Waals surface area contributed by atoms with Gasteiger partial charge in [-0.15, -0.1) is 37.0 Å². The molecular formula is C15H14Si. The molecule has 0 aliphatic carbocycles. The second kappa shape index (κ2) is 5.87. The summed E-state index contributed by atoms with van der Waals surface area (Å²) in [5.74, 6) is 8.24. The lowest BCUT2D eigenvalue weighted by Gasteiger charge is -2.26. The molecule has 0 aliphatic heterocycles. The fraction of sp³-hybridized carbons (Fsp3) is 0.200. The van der Waals surface area contributed by atoms with Gasteiger partial charge >= 0.3 is 0 Å². The van der Waals surface area contributed by atoms with Crippen molar-refractivity contribution < 1.29 is 0 Å². The number of rotatable bonds is 4. The summed E-state index contributed by atoms with van der Waals surface area (Å²) >= 11 is 0. The van der Waals surface area contributed by atoms with Crippen molar-refractivity contribution in [2.24, 2.45) is 0 Å². The predicted molar refractivity (Wildman–Crippen MR) is 72.8 cm³/mol. The summed E-state index contributed by atoms with van der Waals surface area (Å²) in [4.78, 5) is 0. The molecule has 1 aromatic carbocycles. The van der Waals surface area contributed by atoms with Crippen molar-refractivity contribution in [1.29, 1.82) is 0 Å². The molecule has 0 nitrogen and oxygen atoms in total. The van der Waals surface area contributed by atoms with Gasteiger partial charge in [0.15, 0.2) is 0 Å². The van der Waals surface area contributed by atoms with Crippen LogP contribution < -0.4 is 5.19 Å². The summed E-state index contributed by atoms with van der Waals surface area (Å²) < 4.78 is 0. The van der Waals surface area contributed by atoms with Gasteiger partial charge in [0.2, 0.25) is 0 Å². The van der Waals surface area contributed by atoms with Gasteiger partial charge in [-0.3, -0.25) is 0 Å². The van der Waals surface area contributed by atoms with Crippen molar-refractivity contribution in [2.45, 2.75) is 18.1 Å². The van der Waals surface area contributed by atoms with Gasteiger partial charge < -0.3 is 0 Å². The highest BCUT2D eigenvalue weighted by Gasteiger charge is 2.32. The van der Waals surface area contributed by atoms with Crippen molar-refractivity contribution >= 4 is 13.3 Å². The van der Waals surface area contributed by atoms with Crippen LogP contribution in [-0.2, 0) is 0 Å². The van der Waals surface area contributed by atoms with Crippen LogP contribution in [0.15, 0.2) is 30.3 Å². The van der Waals surface area contributed by atoms with Gasteiger partial charge in [-0.05, 0) is 0 Å².